The molecule has 1 saturated heterocycles. The molecular weight excluding hydrogens is 168 g/mol. The summed E-state index contributed by atoms with van der Waals surface area (Å²) in [4.78, 5) is 12.9. The highest BCUT2D eigenvalue weighted by Crippen LogP contribution is 2.10. The average Bonchev–Trinajstić information content (AvgIpc) is 2.48. The van der Waals surface area contributed by atoms with E-state index >= 15 is 0 Å². The van der Waals surface area contributed by atoms with Crippen LogP contribution in [0.4, 0.5) is 0 Å². The monoisotopic (exact) mass is 184 g/mol. The summed E-state index contributed by atoms with van der Waals surface area (Å²) in [6.45, 7) is 3.79. The molecule has 13 heavy (non-hydrogen) atoms. The third-order valence-electron chi connectivity index (χ3n) is 2.11. The topological polar surface area (TPSA) is 53.4 Å². The lowest BCUT2D eigenvalue weighted by molar-refractivity contribution is -0.143. The highest BCUT2D eigenvalue weighted by atomic mass is 16.5. The van der Waals surface area contributed by atoms with Gasteiger partial charge in [0.15, 0.2) is 0 Å². The Kier molecular flexibility index (Phi) is 3.73. The van der Waals surface area contributed by atoms with Crippen molar-refractivity contribution >= 4 is 11.8 Å². The first-order valence-corrected chi connectivity index (χ1v) is 4.72. The summed E-state index contributed by atoms with van der Waals surface area (Å²) in [6.07, 6.45) is 2.29. The molecule has 4 nitrogen and oxygen atoms in total. The van der Waals surface area contributed by atoms with Crippen molar-refractivity contribution in [3.63, 3.8) is 0 Å². The zero-order chi connectivity index (χ0) is 9.68. The molecule has 1 N–H and O–H groups in total. The maximum Gasteiger partial charge on any atom is 0.307 e. The van der Waals surface area contributed by atoms with Gasteiger partial charge in [0.2, 0.25) is 0 Å². The molecule has 0 atom stereocenters. The Bertz CT molecular complexity index is 204. The highest BCUT2D eigenvalue weighted by Gasteiger charge is 2.17. The maximum atomic E-state index is 11.0. The van der Waals surface area contributed by atoms with Gasteiger partial charge >= 0.3 is 5.97 Å². The van der Waals surface area contributed by atoms with Crippen LogP contribution in [-0.4, -0.2) is 36.4 Å². The van der Waals surface area contributed by atoms with Crippen LogP contribution in [-0.2, 0) is 9.53 Å². The van der Waals surface area contributed by atoms with Gasteiger partial charge in [0.05, 0.1) is 18.9 Å². The molecule has 4 heteroatoms. The lowest BCUT2D eigenvalue weighted by Crippen LogP contribution is -2.27. The smallest absolute Gasteiger partial charge is 0.307 e. The molecule has 0 aliphatic carbocycles. The van der Waals surface area contributed by atoms with E-state index in [1.54, 1.807) is 6.92 Å². The van der Waals surface area contributed by atoms with Crippen molar-refractivity contribution in [2.45, 2.75) is 26.2 Å². The predicted molar refractivity (Wildman–Crippen MR) is 49.8 cm³/mol. The van der Waals surface area contributed by atoms with Crippen molar-refractivity contribution < 1.29 is 9.53 Å². The molecule has 0 aromatic heterocycles. The number of rotatable bonds is 4. The van der Waals surface area contributed by atoms with E-state index in [1.165, 1.54) is 0 Å². The second kappa shape index (κ2) is 4.84. The van der Waals surface area contributed by atoms with Crippen LogP contribution < -0.4 is 0 Å². The molecule has 0 aromatic rings. The van der Waals surface area contributed by atoms with Crippen LogP contribution in [0.2, 0.25) is 0 Å². The minimum absolute atomic E-state index is 0.165. The molecule has 1 aliphatic rings. The Morgan fingerprint density at radius 3 is 3.00 bits per heavy atom. The van der Waals surface area contributed by atoms with Crippen molar-refractivity contribution in [2.24, 2.45) is 0 Å². The number of ether oxygens (including phenoxy) is 1. The third-order valence-corrected chi connectivity index (χ3v) is 2.11. The molecule has 0 saturated carbocycles. The summed E-state index contributed by atoms with van der Waals surface area (Å²) in [5, 5.41) is 7.53. The van der Waals surface area contributed by atoms with Crippen LogP contribution >= 0.6 is 0 Å². The lowest BCUT2D eigenvalue weighted by atomic mass is 10.4. The second-order valence-electron chi connectivity index (χ2n) is 3.09. The zero-order valence-electron chi connectivity index (χ0n) is 8.01. The first-order valence-electron chi connectivity index (χ1n) is 4.72. The molecule has 0 spiro atoms. The van der Waals surface area contributed by atoms with Gasteiger partial charge in [0.25, 0.3) is 0 Å². The van der Waals surface area contributed by atoms with E-state index in [-0.39, 0.29) is 5.97 Å². The molecule has 0 amide bonds. The Hall–Kier alpha value is -1.06. The van der Waals surface area contributed by atoms with Gasteiger partial charge in [0.1, 0.15) is 0 Å². The van der Waals surface area contributed by atoms with Gasteiger partial charge in [-0.15, -0.1) is 0 Å². The van der Waals surface area contributed by atoms with Gasteiger partial charge in [-0.25, -0.2) is 0 Å². The maximum absolute atomic E-state index is 11.0. The van der Waals surface area contributed by atoms with Gasteiger partial charge in [-0.2, -0.15) is 0 Å². The van der Waals surface area contributed by atoms with Crippen molar-refractivity contribution in [3.05, 3.63) is 0 Å². The first-order chi connectivity index (χ1) is 6.24. The van der Waals surface area contributed by atoms with Crippen molar-refractivity contribution in [2.75, 3.05) is 19.7 Å². The Morgan fingerprint density at radius 1 is 1.69 bits per heavy atom. The number of esters is 1. The molecule has 0 unspecified atom stereocenters. The van der Waals surface area contributed by atoms with E-state index in [4.69, 9.17) is 10.1 Å². The van der Waals surface area contributed by atoms with Crippen LogP contribution in [0.5, 0.6) is 0 Å². The van der Waals surface area contributed by atoms with Crippen LogP contribution in [0, 0.1) is 5.41 Å². The molecule has 0 bridgehead atoms. The third kappa shape index (κ3) is 3.05. The van der Waals surface area contributed by atoms with Gasteiger partial charge in [-0.1, -0.05) is 0 Å². The van der Waals surface area contributed by atoms with E-state index in [1.807, 2.05) is 4.90 Å². The molecule has 0 radical (unpaired) electrons. The Balaban J connectivity index is 2.18. The molecule has 1 rings (SSSR count). The fourth-order valence-electron chi connectivity index (χ4n) is 1.44. The fraction of sp³-hybridized carbons (Fsp3) is 0.778. The average molecular weight is 184 g/mol. The number of likely N-dealkylation sites (tertiary alicyclic amines) is 1. The second-order valence-corrected chi connectivity index (χ2v) is 3.09. The minimum atomic E-state index is -0.165. The quantitative estimate of drug-likeness (QED) is 0.663. The van der Waals surface area contributed by atoms with Gasteiger partial charge < -0.3 is 9.64 Å². The minimum Gasteiger partial charge on any atom is -0.466 e. The number of hydrogen-bond acceptors (Lipinski definition) is 3. The highest BCUT2D eigenvalue weighted by molar-refractivity contribution is 5.81. The fourth-order valence-corrected chi connectivity index (χ4v) is 1.44. The van der Waals surface area contributed by atoms with Crippen LogP contribution in [0.3, 0.4) is 0 Å². The zero-order valence-corrected chi connectivity index (χ0v) is 8.01. The summed E-state index contributed by atoms with van der Waals surface area (Å²) >= 11 is 0. The standard InChI is InChI=1S/C9H16N2O2/c1-2-13-9(12)5-7-11-6-3-4-8(11)10/h10H,2-7H2,1H3. The molecule has 74 valence electrons. The van der Waals surface area contributed by atoms with E-state index in [0.29, 0.717) is 25.4 Å². The van der Waals surface area contributed by atoms with E-state index in [2.05, 4.69) is 0 Å². The normalized spacial score (nSPS) is 16.4. The molecule has 0 aromatic carbocycles. The summed E-state index contributed by atoms with van der Waals surface area (Å²) in [7, 11) is 0. The Morgan fingerprint density at radius 2 is 2.46 bits per heavy atom. The molecule has 1 heterocycles. The molecule has 1 aliphatic heterocycles. The van der Waals surface area contributed by atoms with E-state index in [0.717, 1.165) is 19.4 Å². The summed E-state index contributed by atoms with van der Waals surface area (Å²) in [6, 6.07) is 0. The number of nitrogens with zero attached hydrogens (tertiary/aromatic N) is 1. The van der Waals surface area contributed by atoms with Gasteiger partial charge in [-0.05, 0) is 13.3 Å². The van der Waals surface area contributed by atoms with Crippen molar-refractivity contribution in [1.82, 2.24) is 4.90 Å². The van der Waals surface area contributed by atoms with E-state index in [9.17, 15) is 4.79 Å². The number of nitrogens with one attached hydrogen (secondary N) is 1. The number of carbonyl (C=O) groups is 1. The van der Waals surface area contributed by atoms with Crippen LogP contribution in [0.1, 0.15) is 26.2 Å². The first kappa shape index (κ1) is 10.0. The summed E-state index contributed by atoms with van der Waals surface area (Å²) < 4.78 is 4.80. The van der Waals surface area contributed by atoms with Crippen molar-refractivity contribution in [1.29, 1.82) is 5.41 Å². The van der Waals surface area contributed by atoms with Crippen LogP contribution in [0.15, 0.2) is 0 Å². The number of hydrogen-bond donors (Lipinski definition) is 1. The largest absolute Gasteiger partial charge is 0.466 e. The number of carbonyl (C=O) groups excluding carboxylic acids is 1. The van der Waals surface area contributed by atoms with E-state index < -0.39 is 0 Å². The SMILES string of the molecule is CCOC(=O)CCN1CCCC1=N. The number of amidine groups is 1. The predicted octanol–water partition coefficient (Wildman–Crippen LogP) is 1.01. The summed E-state index contributed by atoms with van der Waals surface area (Å²) in [5.41, 5.74) is 0. The molecular formula is C9H16N2O2. The van der Waals surface area contributed by atoms with Crippen LogP contribution in [0.25, 0.3) is 0 Å². The van der Waals surface area contributed by atoms with Gasteiger partial charge in [0, 0.05) is 19.5 Å². The molecule has 1 fully saturated rings. The Labute approximate surface area is 78.4 Å². The van der Waals surface area contributed by atoms with Crippen molar-refractivity contribution in [3.8, 4) is 0 Å². The lowest BCUT2D eigenvalue weighted by Gasteiger charge is -2.16. The summed E-state index contributed by atoms with van der Waals surface area (Å²) in [5.74, 6) is 0.492. The van der Waals surface area contributed by atoms with Gasteiger partial charge in [-0.3, -0.25) is 10.2 Å².